The van der Waals surface area contributed by atoms with Gasteiger partial charge < -0.3 is 5.32 Å². The van der Waals surface area contributed by atoms with Crippen molar-refractivity contribution in [3.63, 3.8) is 0 Å². The molecule has 0 radical (unpaired) electrons. The molecule has 2 aromatic heterocycles. The molecule has 0 aliphatic rings. The number of aromatic nitrogens is 4. The zero-order valence-corrected chi connectivity index (χ0v) is 14.5. The molecule has 2 heterocycles. The Labute approximate surface area is 150 Å². The average molecular weight is 374 g/mol. The number of nitrogens with one attached hydrogen (secondary N) is 1. The molecule has 10 heteroatoms. The summed E-state index contributed by atoms with van der Waals surface area (Å²) in [6.45, 7) is 1.70. The van der Waals surface area contributed by atoms with Crippen LogP contribution < -0.4 is 5.32 Å². The number of hydrogen-bond donors (Lipinski definition) is 1. The van der Waals surface area contributed by atoms with E-state index in [0.717, 1.165) is 11.8 Å². The lowest BCUT2D eigenvalue weighted by Gasteiger charge is -2.11. The summed E-state index contributed by atoms with van der Waals surface area (Å²) in [4.78, 5) is 12.3. The van der Waals surface area contributed by atoms with Gasteiger partial charge in [0, 0.05) is 0 Å². The number of amides is 1. The van der Waals surface area contributed by atoms with Crippen LogP contribution in [0.5, 0.6) is 0 Å². The van der Waals surface area contributed by atoms with Crippen molar-refractivity contribution < 1.29 is 9.18 Å². The smallest absolute Gasteiger partial charge is 0.238 e. The SMILES string of the molecule is C[C@@H](Sc1nnnn1-c1cccc(F)c1)C(=O)Nc1sccc1C#N. The number of carbonyl (C=O) groups excluding carboxylic acids is 1. The Bertz CT molecular complexity index is 947. The van der Waals surface area contributed by atoms with E-state index < -0.39 is 11.1 Å². The second-order valence-electron chi connectivity index (χ2n) is 4.88. The average Bonchev–Trinajstić information content (AvgIpc) is 3.23. The van der Waals surface area contributed by atoms with Gasteiger partial charge in [0.1, 0.15) is 16.9 Å². The summed E-state index contributed by atoms with van der Waals surface area (Å²) in [6, 6.07) is 9.50. The van der Waals surface area contributed by atoms with Crippen LogP contribution >= 0.6 is 23.1 Å². The molecule has 0 saturated heterocycles. The van der Waals surface area contributed by atoms with Crippen molar-refractivity contribution in [1.82, 2.24) is 20.2 Å². The highest BCUT2D eigenvalue weighted by Gasteiger charge is 2.20. The minimum absolute atomic E-state index is 0.280. The highest BCUT2D eigenvalue weighted by molar-refractivity contribution is 8.00. The fourth-order valence-electron chi connectivity index (χ4n) is 1.94. The molecule has 126 valence electrons. The number of anilines is 1. The van der Waals surface area contributed by atoms with Crippen LogP contribution in [0, 0.1) is 17.1 Å². The van der Waals surface area contributed by atoms with E-state index in [0.29, 0.717) is 21.4 Å². The zero-order valence-electron chi connectivity index (χ0n) is 12.9. The number of thiophene rings is 1. The van der Waals surface area contributed by atoms with E-state index in [1.165, 1.54) is 28.2 Å². The summed E-state index contributed by atoms with van der Waals surface area (Å²) in [5.74, 6) is -0.686. The van der Waals surface area contributed by atoms with E-state index in [-0.39, 0.29) is 5.91 Å². The van der Waals surface area contributed by atoms with E-state index >= 15 is 0 Å². The van der Waals surface area contributed by atoms with Gasteiger partial charge in [0.15, 0.2) is 0 Å². The number of rotatable bonds is 5. The monoisotopic (exact) mass is 374 g/mol. The molecule has 25 heavy (non-hydrogen) atoms. The van der Waals surface area contributed by atoms with Crippen LogP contribution in [0.25, 0.3) is 5.69 Å². The van der Waals surface area contributed by atoms with Gasteiger partial charge in [-0.15, -0.1) is 16.4 Å². The molecule has 0 fully saturated rings. The van der Waals surface area contributed by atoms with Crippen molar-refractivity contribution in [3.05, 3.63) is 47.1 Å². The van der Waals surface area contributed by atoms with Crippen LogP contribution in [0.15, 0.2) is 40.9 Å². The molecule has 1 N–H and O–H groups in total. The number of tetrazole rings is 1. The molecule has 0 bridgehead atoms. The van der Waals surface area contributed by atoms with E-state index in [9.17, 15) is 9.18 Å². The van der Waals surface area contributed by atoms with E-state index in [4.69, 9.17) is 5.26 Å². The molecule has 1 amide bonds. The molecule has 1 atom stereocenters. The Hall–Kier alpha value is -2.77. The van der Waals surface area contributed by atoms with Crippen molar-refractivity contribution in [2.24, 2.45) is 0 Å². The molecule has 1 aromatic carbocycles. The third-order valence-corrected chi connectivity index (χ3v) is 5.03. The molecule has 0 saturated carbocycles. The quantitative estimate of drug-likeness (QED) is 0.690. The summed E-state index contributed by atoms with van der Waals surface area (Å²) in [5, 5.41) is 25.1. The van der Waals surface area contributed by atoms with Crippen LogP contribution in [0.1, 0.15) is 12.5 Å². The molecule has 3 rings (SSSR count). The summed E-state index contributed by atoms with van der Waals surface area (Å²) in [6.07, 6.45) is 0. The van der Waals surface area contributed by atoms with Crippen LogP contribution in [-0.2, 0) is 4.79 Å². The van der Waals surface area contributed by atoms with Gasteiger partial charge in [0.25, 0.3) is 0 Å². The molecular weight excluding hydrogens is 363 g/mol. The standard InChI is InChI=1S/C15H11FN6OS2/c1-9(13(23)18-14-10(8-17)5-6-24-14)25-15-19-20-21-22(15)12-4-2-3-11(16)7-12/h2-7,9H,1H3,(H,18,23)/t9-/m1/s1. The van der Waals surface area contributed by atoms with Gasteiger partial charge >= 0.3 is 0 Å². The van der Waals surface area contributed by atoms with Gasteiger partial charge in [0.2, 0.25) is 11.1 Å². The Balaban J connectivity index is 1.74. The summed E-state index contributed by atoms with van der Waals surface area (Å²) < 4.78 is 14.8. The van der Waals surface area contributed by atoms with Crippen LogP contribution in [0.3, 0.4) is 0 Å². The number of carbonyl (C=O) groups is 1. The van der Waals surface area contributed by atoms with Crippen LogP contribution in [-0.4, -0.2) is 31.4 Å². The van der Waals surface area contributed by atoms with Gasteiger partial charge in [-0.25, -0.2) is 4.39 Å². The topological polar surface area (TPSA) is 96.5 Å². The molecule has 0 aliphatic carbocycles. The number of hydrogen-bond acceptors (Lipinski definition) is 7. The first-order valence-corrected chi connectivity index (χ1v) is 8.84. The lowest BCUT2D eigenvalue weighted by atomic mass is 10.3. The number of nitrogens with zero attached hydrogens (tertiary/aromatic N) is 5. The lowest BCUT2D eigenvalue weighted by molar-refractivity contribution is -0.115. The van der Waals surface area contributed by atoms with Crippen molar-refractivity contribution in [2.75, 3.05) is 5.32 Å². The Kier molecular flexibility index (Phi) is 5.06. The van der Waals surface area contributed by atoms with Crippen molar-refractivity contribution >= 4 is 34.0 Å². The van der Waals surface area contributed by atoms with Crippen LogP contribution in [0.4, 0.5) is 9.39 Å². The summed E-state index contributed by atoms with van der Waals surface area (Å²) in [7, 11) is 0. The first-order chi connectivity index (χ1) is 12.1. The van der Waals surface area contributed by atoms with Gasteiger partial charge in [-0.2, -0.15) is 9.94 Å². The molecule has 0 aliphatic heterocycles. The third-order valence-electron chi connectivity index (χ3n) is 3.17. The van der Waals surface area contributed by atoms with Gasteiger partial charge in [-0.1, -0.05) is 17.8 Å². The first kappa shape index (κ1) is 17.1. The molecule has 3 aromatic rings. The first-order valence-electron chi connectivity index (χ1n) is 7.08. The number of nitriles is 1. The summed E-state index contributed by atoms with van der Waals surface area (Å²) in [5.41, 5.74) is 0.880. The summed E-state index contributed by atoms with van der Waals surface area (Å²) >= 11 is 2.41. The maximum atomic E-state index is 13.4. The second-order valence-corrected chi connectivity index (χ2v) is 7.10. The number of thioether (sulfide) groups is 1. The third kappa shape index (κ3) is 3.84. The second kappa shape index (κ2) is 7.42. The fraction of sp³-hybridized carbons (Fsp3) is 0.133. The van der Waals surface area contributed by atoms with Gasteiger partial charge in [0.05, 0.1) is 16.5 Å². The van der Waals surface area contributed by atoms with E-state index in [1.54, 1.807) is 30.5 Å². The van der Waals surface area contributed by atoms with Crippen molar-refractivity contribution in [2.45, 2.75) is 17.3 Å². The minimum atomic E-state index is -0.521. The van der Waals surface area contributed by atoms with E-state index in [1.807, 2.05) is 6.07 Å². The molecular formula is C15H11FN6OS2. The maximum Gasteiger partial charge on any atom is 0.238 e. The van der Waals surface area contributed by atoms with Crippen molar-refractivity contribution in [1.29, 1.82) is 5.26 Å². The van der Waals surface area contributed by atoms with E-state index in [2.05, 4.69) is 20.8 Å². The minimum Gasteiger partial charge on any atom is -0.316 e. The zero-order chi connectivity index (χ0) is 17.8. The van der Waals surface area contributed by atoms with Crippen molar-refractivity contribution in [3.8, 4) is 11.8 Å². The largest absolute Gasteiger partial charge is 0.316 e. The fourth-order valence-corrected chi connectivity index (χ4v) is 3.49. The Morgan fingerprint density at radius 1 is 1.48 bits per heavy atom. The Morgan fingerprint density at radius 2 is 2.32 bits per heavy atom. The van der Waals surface area contributed by atoms with Gasteiger partial charge in [-0.3, -0.25) is 4.79 Å². The molecule has 0 spiro atoms. The maximum absolute atomic E-state index is 13.4. The number of benzene rings is 1. The Morgan fingerprint density at radius 3 is 3.08 bits per heavy atom. The normalized spacial score (nSPS) is 11.7. The molecule has 7 nitrogen and oxygen atoms in total. The highest BCUT2D eigenvalue weighted by atomic mass is 32.2. The van der Waals surface area contributed by atoms with Gasteiger partial charge in [-0.05, 0) is 47.0 Å². The highest BCUT2D eigenvalue weighted by Crippen LogP contribution is 2.26. The lowest BCUT2D eigenvalue weighted by Crippen LogP contribution is -2.22. The number of halogens is 1. The molecule has 0 unspecified atom stereocenters. The predicted octanol–water partition coefficient (Wildman–Crippen LogP) is 2.85. The van der Waals surface area contributed by atoms with Crippen LogP contribution in [0.2, 0.25) is 0 Å². The predicted molar refractivity (Wildman–Crippen MR) is 92.1 cm³/mol.